The second-order valence-electron chi connectivity index (χ2n) is 4.30. The van der Waals surface area contributed by atoms with Gasteiger partial charge in [0.05, 0.1) is 7.11 Å². The monoisotopic (exact) mass is 313 g/mol. The third kappa shape index (κ3) is 4.02. The van der Waals surface area contributed by atoms with Crippen LogP contribution in [0, 0.1) is 6.92 Å². The Morgan fingerprint density at radius 2 is 2.22 bits per heavy atom. The molecular formula is C14H20BrNO2. The SMILES string of the molecule is CCCCC(Nc1cccc(C)c1Br)C(=O)OC. The first kappa shape index (κ1) is 15.0. The number of carbonyl (C=O) groups excluding carboxylic acids is 1. The minimum atomic E-state index is -0.284. The summed E-state index contributed by atoms with van der Waals surface area (Å²) in [6.07, 6.45) is 2.84. The van der Waals surface area contributed by atoms with E-state index in [4.69, 9.17) is 4.74 Å². The third-order valence-corrected chi connectivity index (χ3v) is 3.91. The van der Waals surface area contributed by atoms with Gasteiger partial charge >= 0.3 is 5.97 Å². The van der Waals surface area contributed by atoms with Crippen molar-refractivity contribution in [2.24, 2.45) is 0 Å². The number of aryl methyl sites for hydroxylation is 1. The van der Waals surface area contributed by atoms with Crippen LogP contribution in [0.4, 0.5) is 5.69 Å². The van der Waals surface area contributed by atoms with E-state index < -0.39 is 0 Å². The van der Waals surface area contributed by atoms with Crippen LogP contribution in [0.3, 0.4) is 0 Å². The predicted molar refractivity (Wildman–Crippen MR) is 77.8 cm³/mol. The summed E-state index contributed by atoms with van der Waals surface area (Å²) >= 11 is 3.53. The highest BCUT2D eigenvalue weighted by Gasteiger charge is 2.19. The lowest BCUT2D eigenvalue weighted by Crippen LogP contribution is -2.30. The van der Waals surface area contributed by atoms with E-state index in [-0.39, 0.29) is 12.0 Å². The van der Waals surface area contributed by atoms with Gasteiger partial charge < -0.3 is 10.1 Å². The number of ether oxygens (including phenoxy) is 1. The first-order valence-electron chi connectivity index (χ1n) is 6.19. The van der Waals surface area contributed by atoms with Crippen molar-refractivity contribution in [1.82, 2.24) is 0 Å². The zero-order chi connectivity index (χ0) is 13.5. The maximum Gasteiger partial charge on any atom is 0.328 e. The molecule has 0 heterocycles. The highest BCUT2D eigenvalue weighted by molar-refractivity contribution is 9.10. The number of rotatable bonds is 6. The fraction of sp³-hybridized carbons (Fsp3) is 0.500. The molecule has 0 radical (unpaired) electrons. The molecule has 0 amide bonds. The highest BCUT2D eigenvalue weighted by Crippen LogP contribution is 2.27. The first-order valence-corrected chi connectivity index (χ1v) is 6.99. The summed E-state index contributed by atoms with van der Waals surface area (Å²) in [5.41, 5.74) is 2.07. The van der Waals surface area contributed by atoms with Gasteiger partial charge in [-0.1, -0.05) is 31.9 Å². The lowest BCUT2D eigenvalue weighted by atomic mass is 10.1. The lowest BCUT2D eigenvalue weighted by molar-refractivity contribution is -0.141. The number of esters is 1. The fourth-order valence-electron chi connectivity index (χ4n) is 1.75. The molecule has 1 rings (SSSR count). The van der Waals surface area contributed by atoms with E-state index >= 15 is 0 Å². The lowest BCUT2D eigenvalue weighted by Gasteiger charge is -2.19. The van der Waals surface area contributed by atoms with Crippen LogP contribution in [-0.2, 0) is 9.53 Å². The average molecular weight is 314 g/mol. The van der Waals surface area contributed by atoms with E-state index in [2.05, 4.69) is 28.2 Å². The van der Waals surface area contributed by atoms with Gasteiger partial charge in [-0.2, -0.15) is 0 Å². The Hall–Kier alpha value is -1.03. The number of nitrogens with one attached hydrogen (secondary N) is 1. The number of hydrogen-bond acceptors (Lipinski definition) is 3. The summed E-state index contributed by atoms with van der Waals surface area (Å²) in [6, 6.07) is 5.66. The van der Waals surface area contributed by atoms with Crippen molar-refractivity contribution in [1.29, 1.82) is 0 Å². The van der Waals surface area contributed by atoms with Crippen molar-refractivity contribution in [2.75, 3.05) is 12.4 Å². The van der Waals surface area contributed by atoms with Gasteiger partial charge in [0.2, 0.25) is 0 Å². The summed E-state index contributed by atoms with van der Waals surface area (Å²) in [6.45, 7) is 4.13. The molecule has 0 fully saturated rings. The van der Waals surface area contributed by atoms with Gasteiger partial charge in [-0.15, -0.1) is 0 Å². The Balaban J connectivity index is 2.81. The molecule has 0 bridgehead atoms. The van der Waals surface area contributed by atoms with E-state index in [1.165, 1.54) is 7.11 Å². The molecule has 1 unspecified atom stereocenters. The minimum absolute atomic E-state index is 0.211. The number of halogens is 1. The predicted octanol–water partition coefficient (Wildman–Crippen LogP) is 3.90. The van der Waals surface area contributed by atoms with Crippen molar-refractivity contribution in [2.45, 2.75) is 39.2 Å². The zero-order valence-corrected chi connectivity index (χ0v) is 12.7. The van der Waals surface area contributed by atoms with Gasteiger partial charge in [-0.25, -0.2) is 4.79 Å². The topological polar surface area (TPSA) is 38.3 Å². The molecule has 1 aromatic rings. The standard InChI is InChI=1S/C14H20BrNO2/c1-4-5-8-12(14(17)18-3)16-11-9-6-7-10(2)13(11)15/h6-7,9,12,16H,4-5,8H2,1-3H3. The molecule has 100 valence electrons. The van der Waals surface area contributed by atoms with E-state index in [0.717, 1.165) is 35.0 Å². The smallest absolute Gasteiger partial charge is 0.328 e. The Morgan fingerprint density at radius 3 is 2.83 bits per heavy atom. The van der Waals surface area contributed by atoms with E-state index in [9.17, 15) is 4.79 Å². The number of unbranched alkanes of at least 4 members (excludes halogenated alkanes) is 1. The largest absolute Gasteiger partial charge is 0.467 e. The number of benzene rings is 1. The Kier molecular flexibility index (Phi) is 6.19. The van der Waals surface area contributed by atoms with E-state index in [1.54, 1.807) is 0 Å². The molecular weight excluding hydrogens is 294 g/mol. The van der Waals surface area contributed by atoms with Crippen LogP contribution < -0.4 is 5.32 Å². The molecule has 1 atom stereocenters. The van der Waals surface area contributed by atoms with Gasteiger partial charge in [0.15, 0.2) is 0 Å². The Morgan fingerprint density at radius 1 is 1.50 bits per heavy atom. The van der Waals surface area contributed by atoms with Gasteiger partial charge in [0.25, 0.3) is 0 Å². The number of anilines is 1. The summed E-state index contributed by atoms with van der Waals surface area (Å²) in [7, 11) is 1.42. The van der Waals surface area contributed by atoms with Crippen LogP contribution in [-0.4, -0.2) is 19.1 Å². The quantitative estimate of drug-likeness (QED) is 0.809. The van der Waals surface area contributed by atoms with Gasteiger partial charge in [-0.3, -0.25) is 0 Å². The Bertz CT molecular complexity index is 407. The minimum Gasteiger partial charge on any atom is -0.467 e. The molecule has 0 spiro atoms. The average Bonchev–Trinajstić information content (AvgIpc) is 2.38. The Labute approximate surface area is 117 Å². The molecule has 0 aliphatic heterocycles. The van der Waals surface area contributed by atoms with Gasteiger partial charge in [-0.05, 0) is 40.9 Å². The third-order valence-electron chi connectivity index (χ3n) is 2.85. The van der Waals surface area contributed by atoms with Crippen molar-refractivity contribution in [3.05, 3.63) is 28.2 Å². The fourth-order valence-corrected chi connectivity index (χ4v) is 2.12. The van der Waals surface area contributed by atoms with Crippen LogP contribution in [0.25, 0.3) is 0 Å². The van der Waals surface area contributed by atoms with E-state index in [1.807, 2.05) is 25.1 Å². The van der Waals surface area contributed by atoms with Crippen LogP contribution in [0.1, 0.15) is 31.7 Å². The maximum absolute atomic E-state index is 11.7. The van der Waals surface area contributed by atoms with Crippen molar-refractivity contribution in [3.63, 3.8) is 0 Å². The van der Waals surface area contributed by atoms with Crippen LogP contribution in [0.5, 0.6) is 0 Å². The summed E-state index contributed by atoms with van der Waals surface area (Å²) in [4.78, 5) is 11.7. The summed E-state index contributed by atoms with van der Waals surface area (Å²) in [5.74, 6) is -0.211. The second-order valence-corrected chi connectivity index (χ2v) is 5.09. The molecule has 0 aliphatic carbocycles. The molecule has 0 saturated carbocycles. The van der Waals surface area contributed by atoms with Crippen molar-refractivity contribution >= 4 is 27.6 Å². The van der Waals surface area contributed by atoms with Gasteiger partial charge in [0.1, 0.15) is 6.04 Å². The molecule has 0 aliphatic rings. The maximum atomic E-state index is 11.7. The van der Waals surface area contributed by atoms with Crippen molar-refractivity contribution in [3.8, 4) is 0 Å². The summed E-state index contributed by atoms with van der Waals surface area (Å²) in [5, 5.41) is 3.25. The number of methoxy groups -OCH3 is 1. The van der Waals surface area contributed by atoms with Crippen LogP contribution >= 0.6 is 15.9 Å². The van der Waals surface area contributed by atoms with E-state index in [0.29, 0.717) is 0 Å². The zero-order valence-electron chi connectivity index (χ0n) is 11.1. The summed E-state index contributed by atoms with van der Waals surface area (Å²) < 4.78 is 5.83. The molecule has 18 heavy (non-hydrogen) atoms. The molecule has 1 aromatic carbocycles. The molecule has 3 nitrogen and oxygen atoms in total. The second kappa shape index (κ2) is 7.41. The molecule has 1 N–H and O–H groups in total. The molecule has 4 heteroatoms. The van der Waals surface area contributed by atoms with Gasteiger partial charge in [0, 0.05) is 10.2 Å². The van der Waals surface area contributed by atoms with Crippen LogP contribution in [0.15, 0.2) is 22.7 Å². The first-order chi connectivity index (χ1) is 8.60. The number of carbonyl (C=O) groups is 1. The normalized spacial score (nSPS) is 12.0. The molecule has 0 saturated heterocycles. The highest BCUT2D eigenvalue weighted by atomic mass is 79.9. The number of hydrogen-bond donors (Lipinski definition) is 1. The van der Waals surface area contributed by atoms with Crippen LogP contribution in [0.2, 0.25) is 0 Å². The molecule has 0 aromatic heterocycles. The van der Waals surface area contributed by atoms with Crippen molar-refractivity contribution < 1.29 is 9.53 Å².